The van der Waals surface area contributed by atoms with Crippen LogP contribution >= 0.6 is 0 Å². The second-order valence-electron chi connectivity index (χ2n) is 9.01. The minimum atomic E-state index is -0.717. The molecule has 1 atom stereocenters. The maximum Gasteiger partial charge on any atom is 0.352 e. The highest BCUT2D eigenvalue weighted by Gasteiger charge is 2.22. The van der Waals surface area contributed by atoms with E-state index in [2.05, 4.69) is 24.3 Å². The monoisotopic (exact) mass is 462 g/mol. The number of aryl methyl sites for hydroxylation is 1. The first-order valence-corrected chi connectivity index (χ1v) is 11.6. The molecule has 1 N–H and O–H groups in total. The first-order chi connectivity index (χ1) is 16.3. The van der Waals surface area contributed by atoms with Crippen LogP contribution in [0.4, 0.5) is 0 Å². The zero-order valence-electron chi connectivity index (χ0n) is 19.8. The Bertz CT molecular complexity index is 1270. The molecule has 3 aromatic rings. The van der Waals surface area contributed by atoms with Crippen molar-refractivity contribution in [3.63, 3.8) is 0 Å². The van der Waals surface area contributed by atoms with Crippen LogP contribution in [-0.2, 0) is 11.3 Å². The Labute approximate surface area is 198 Å². The Morgan fingerprint density at radius 1 is 1.12 bits per heavy atom. The van der Waals surface area contributed by atoms with Crippen LogP contribution in [0, 0.1) is 6.92 Å². The fraction of sp³-hybridized carbons (Fsp3) is 0.385. The summed E-state index contributed by atoms with van der Waals surface area (Å²) in [6.45, 7) is 7.12. The topological polar surface area (TPSA) is 95.2 Å². The number of benzene rings is 2. The van der Waals surface area contributed by atoms with Crippen LogP contribution in [0.1, 0.15) is 59.8 Å². The van der Waals surface area contributed by atoms with Gasteiger partial charge in [-0.2, -0.15) is 9.78 Å². The molecule has 1 amide bonds. The van der Waals surface area contributed by atoms with Crippen molar-refractivity contribution < 1.29 is 9.53 Å². The lowest BCUT2D eigenvalue weighted by Gasteiger charge is -2.14. The normalized spacial score (nSPS) is 15.6. The van der Waals surface area contributed by atoms with Crippen LogP contribution in [0.25, 0.3) is 5.69 Å². The van der Waals surface area contributed by atoms with E-state index < -0.39 is 17.2 Å². The summed E-state index contributed by atoms with van der Waals surface area (Å²) >= 11 is 0. The maximum absolute atomic E-state index is 13.3. The lowest BCUT2D eigenvalue weighted by Crippen LogP contribution is -2.46. The van der Waals surface area contributed by atoms with Gasteiger partial charge in [-0.15, -0.1) is 0 Å². The summed E-state index contributed by atoms with van der Waals surface area (Å²) in [5.41, 5.74) is 1.81. The van der Waals surface area contributed by atoms with Crippen molar-refractivity contribution >= 4 is 5.91 Å². The second-order valence-corrected chi connectivity index (χ2v) is 9.01. The van der Waals surface area contributed by atoms with E-state index in [0.29, 0.717) is 24.8 Å². The third-order valence-corrected chi connectivity index (χ3v) is 6.05. The van der Waals surface area contributed by atoms with Gasteiger partial charge >= 0.3 is 5.69 Å². The van der Waals surface area contributed by atoms with E-state index in [4.69, 9.17) is 4.74 Å². The smallest absolute Gasteiger partial charge is 0.352 e. The van der Waals surface area contributed by atoms with Crippen molar-refractivity contribution in [2.24, 2.45) is 0 Å². The highest BCUT2D eigenvalue weighted by molar-refractivity contribution is 5.91. The molecule has 1 unspecified atom stereocenters. The molecule has 8 nitrogen and oxygen atoms in total. The van der Waals surface area contributed by atoms with E-state index in [9.17, 15) is 14.4 Å². The molecule has 0 aliphatic carbocycles. The molecule has 178 valence electrons. The fourth-order valence-corrected chi connectivity index (χ4v) is 3.94. The highest BCUT2D eigenvalue weighted by Crippen LogP contribution is 2.16. The number of carbonyl (C=O) groups excluding carboxylic acids is 1. The van der Waals surface area contributed by atoms with E-state index in [1.165, 1.54) is 0 Å². The van der Waals surface area contributed by atoms with Crippen molar-refractivity contribution in [3.8, 4) is 5.69 Å². The van der Waals surface area contributed by atoms with E-state index >= 15 is 0 Å². The van der Waals surface area contributed by atoms with Crippen molar-refractivity contribution in [1.82, 2.24) is 19.7 Å². The van der Waals surface area contributed by atoms with Crippen LogP contribution in [0.15, 0.2) is 58.1 Å². The van der Waals surface area contributed by atoms with Crippen LogP contribution < -0.4 is 16.6 Å². The molecule has 1 aliphatic heterocycles. The van der Waals surface area contributed by atoms with Gasteiger partial charge < -0.3 is 10.1 Å². The summed E-state index contributed by atoms with van der Waals surface area (Å²) in [6.07, 6.45) is 1.72. The van der Waals surface area contributed by atoms with Crippen molar-refractivity contribution in [3.05, 3.63) is 91.8 Å². The van der Waals surface area contributed by atoms with Crippen molar-refractivity contribution in [2.45, 2.75) is 52.2 Å². The number of carbonyl (C=O) groups is 1. The average Bonchev–Trinajstić information content (AvgIpc) is 3.35. The first-order valence-electron chi connectivity index (χ1n) is 11.6. The number of nitrogens with one attached hydrogen (secondary N) is 1. The van der Waals surface area contributed by atoms with Gasteiger partial charge in [0, 0.05) is 13.2 Å². The predicted octanol–water partition coefficient (Wildman–Crippen LogP) is 2.78. The molecule has 0 bridgehead atoms. The quantitative estimate of drug-likeness (QED) is 0.583. The number of hydrogen-bond donors (Lipinski definition) is 1. The lowest BCUT2D eigenvalue weighted by atomic mass is 10.0. The minimum Gasteiger partial charge on any atom is -0.376 e. The molecule has 0 spiro atoms. The van der Waals surface area contributed by atoms with Gasteiger partial charge in [-0.1, -0.05) is 55.8 Å². The van der Waals surface area contributed by atoms with Gasteiger partial charge in [0.25, 0.3) is 11.5 Å². The molecular weight excluding hydrogens is 432 g/mol. The Kier molecular flexibility index (Phi) is 7.07. The predicted molar refractivity (Wildman–Crippen MR) is 130 cm³/mol. The SMILES string of the molecule is Cc1ccc(Cn2c(=O)c(C(=O)NCC3CCCO3)nn(-c3ccc(C(C)C)cc3)c2=O)cc1. The number of aromatic nitrogens is 3. The van der Waals surface area contributed by atoms with Crippen molar-refractivity contribution in [2.75, 3.05) is 13.2 Å². The average molecular weight is 463 g/mol. The molecule has 1 fully saturated rings. The molecule has 1 aromatic heterocycles. The Balaban J connectivity index is 1.75. The first kappa shape index (κ1) is 23.6. The Hall–Kier alpha value is -3.52. The summed E-state index contributed by atoms with van der Waals surface area (Å²) < 4.78 is 7.74. The van der Waals surface area contributed by atoms with Gasteiger partial charge in [-0.3, -0.25) is 14.2 Å². The van der Waals surface area contributed by atoms with Gasteiger partial charge in [0.05, 0.1) is 18.3 Å². The molecular formula is C26H30N4O4. The summed E-state index contributed by atoms with van der Waals surface area (Å²) in [7, 11) is 0. The van der Waals surface area contributed by atoms with Crippen LogP contribution in [0.3, 0.4) is 0 Å². The summed E-state index contributed by atoms with van der Waals surface area (Å²) in [6, 6.07) is 14.9. The molecule has 2 aromatic carbocycles. The third-order valence-electron chi connectivity index (χ3n) is 6.05. The molecule has 1 saturated heterocycles. The number of ether oxygens (including phenoxy) is 1. The van der Waals surface area contributed by atoms with Crippen LogP contribution in [0.5, 0.6) is 0 Å². The maximum atomic E-state index is 13.3. The van der Waals surface area contributed by atoms with Gasteiger partial charge in [0.1, 0.15) is 0 Å². The summed E-state index contributed by atoms with van der Waals surface area (Å²) in [5, 5.41) is 6.94. The molecule has 0 radical (unpaired) electrons. The molecule has 8 heteroatoms. The van der Waals surface area contributed by atoms with E-state index in [-0.39, 0.29) is 18.3 Å². The zero-order chi connectivity index (χ0) is 24.2. The number of hydrogen-bond acceptors (Lipinski definition) is 5. The van der Waals surface area contributed by atoms with E-state index in [0.717, 1.165) is 38.8 Å². The van der Waals surface area contributed by atoms with Crippen LogP contribution in [0.2, 0.25) is 0 Å². The number of amides is 1. The van der Waals surface area contributed by atoms with E-state index in [1.54, 1.807) is 12.1 Å². The van der Waals surface area contributed by atoms with Gasteiger partial charge in [-0.25, -0.2) is 4.79 Å². The van der Waals surface area contributed by atoms with Gasteiger partial charge in [-0.05, 0) is 48.9 Å². The minimum absolute atomic E-state index is 0.0383. The fourth-order valence-electron chi connectivity index (χ4n) is 3.94. The summed E-state index contributed by atoms with van der Waals surface area (Å²) in [4.78, 5) is 39.5. The largest absolute Gasteiger partial charge is 0.376 e. The van der Waals surface area contributed by atoms with Gasteiger partial charge in [0.2, 0.25) is 5.69 Å². The summed E-state index contributed by atoms with van der Waals surface area (Å²) in [5.74, 6) is -0.293. The van der Waals surface area contributed by atoms with E-state index in [1.807, 2.05) is 43.3 Å². The molecule has 2 heterocycles. The lowest BCUT2D eigenvalue weighted by molar-refractivity contribution is 0.0849. The third kappa shape index (κ3) is 5.17. The van der Waals surface area contributed by atoms with Gasteiger partial charge in [0.15, 0.2) is 0 Å². The highest BCUT2D eigenvalue weighted by atomic mass is 16.5. The Morgan fingerprint density at radius 3 is 2.44 bits per heavy atom. The van der Waals surface area contributed by atoms with Crippen LogP contribution in [-0.4, -0.2) is 39.5 Å². The molecule has 34 heavy (non-hydrogen) atoms. The molecule has 0 saturated carbocycles. The standard InChI is InChI=1S/C26H30N4O4/c1-17(2)20-10-12-21(13-11-20)30-26(33)29(16-19-8-6-18(3)7-9-19)25(32)23(28-30)24(31)27-15-22-5-4-14-34-22/h6-13,17,22H,4-5,14-16H2,1-3H3,(H,27,31). The number of rotatable bonds is 7. The van der Waals surface area contributed by atoms with Crippen molar-refractivity contribution in [1.29, 1.82) is 0 Å². The second kappa shape index (κ2) is 10.2. The zero-order valence-corrected chi connectivity index (χ0v) is 19.8. The molecule has 4 rings (SSSR count). The number of nitrogens with zero attached hydrogens (tertiary/aromatic N) is 3. The molecule has 1 aliphatic rings. The Morgan fingerprint density at radius 2 is 1.82 bits per heavy atom.